The minimum atomic E-state index is -3.74. The Bertz CT molecular complexity index is 760. The molecule has 0 heterocycles. The van der Waals surface area contributed by atoms with Crippen LogP contribution in [0.5, 0.6) is 0 Å². The van der Waals surface area contributed by atoms with Gasteiger partial charge in [0.25, 0.3) is 0 Å². The van der Waals surface area contributed by atoms with Crippen LogP contribution in [0, 0.1) is 12.7 Å². The second-order valence-corrected chi connectivity index (χ2v) is 6.56. The Kier molecular flexibility index (Phi) is 4.29. The molecule has 1 atom stereocenters. The molecule has 21 heavy (non-hydrogen) atoms. The predicted octanol–water partition coefficient (Wildman–Crippen LogP) is 2.76. The van der Waals surface area contributed by atoms with Gasteiger partial charge in [-0.1, -0.05) is 18.2 Å². The maximum atomic E-state index is 13.1. The van der Waals surface area contributed by atoms with Crippen molar-refractivity contribution in [1.82, 2.24) is 4.72 Å². The summed E-state index contributed by atoms with van der Waals surface area (Å²) in [4.78, 5) is 0.0604. The summed E-state index contributed by atoms with van der Waals surface area (Å²) in [5.41, 5.74) is 7.41. The van der Waals surface area contributed by atoms with Crippen molar-refractivity contribution in [3.8, 4) is 0 Å². The normalized spacial score (nSPS) is 13.1. The molecule has 2 aromatic carbocycles. The Hall–Kier alpha value is -1.92. The molecule has 0 saturated heterocycles. The highest BCUT2D eigenvalue weighted by Crippen LogP contribution is 2.23. The van der Waals surface area contributed by atoms with E-state index >= 15 is 0 Å². The van der Waals surface area contributed by atoms with Gasteiger partial charge in [0.1, 0.15) is 5.82 Å². The minimum Gasteiger partial charge on any atom is -0.398 e. The van der Waals surface area contributed by atoms with Gasteiger partial charge >= 0.3 is 0 Å². The zero-order valence-electron chi connectivity index (χ0n) is 11.8. The molecule has 0 aliphatic heterocycles. The number of rotatable bonds is 4. The Morgan fingerprint density at radius 3 is 2.48 bits per heavy atom. The lowest BCUT2D eigenvalue weighted by molar-refractivity contribution is 0.565. The first-order valence-corrected chi connectivity index (χ1v) is 7.92. The SMILES string of the molecule is Cc1cc(F)ccc1S(=O)(=O)NC(C)c1ccccc1N. The van der Waals surface area contributed by atoms with E-state index < -0.39 is 21.9 Å². The minimum absolute atomic E-state index is 0.0604. The zero-order valence-corrected chi connectivity index (χ0v) is 12.6. The van der Waals surface area contributed by atoms with Crippen molar-refractivity contribution in [3.63, 3.8) is 0 Å². The smallest absolute Gasteiger partial charge is 0.241 e. The summed E-state index contributed by atoms with van der Waals surface area (Å²) >= 11 is 0. The van der Waals surface area contributed by atoms with Crippen LogP contribution in [0.4, 0.5) is 10.1 Å². The molecule has 0 spiro atoms. The molecule has 0 fully saturated rings. The van der Waals surface area contributed by atoms with Crippen LogP contribution in [0.2, 0.25) is 0 Å². The summed E-state index contributed by atoms with van der Waals surface area (Å²) in [7, 11) is -3.74. The molecule has 2 aromatic rings. The molecule has 0 radical (unpaired) electrons. The number of nitrogens with two attached hydrogens (primary N) is 1. The van der Waals surface area contributed by atoms with E-state index in [0.717, 1.165) is 6.07 Å². The van der Waals surface area contributed by atoms with Crippen molar-refractivity contribution in [1.29, 1.82) is 0 Å². The number of para-hydroxylation sites is 1. The number of hydrogen-bond donors (Lipinski definition) is 2. The van der Waals surface area contributed by atoms with Gasteiger partial charge in [-0.15, -0.1) is 0 Å². The summed E-state index contributed by atoms with van der Waals surface area (Å²) in [6.45, 7) is 3.27. The second kappa shape index (κ2) is 5.83. The fourth-order valence-corrected chi connectivity index (χ4v) is 3.63. The van der Waals surface area contributed by atoms with Gasteiger partial charge in [-0.25, -0.2) is 17.5 Å². The fraction of sp³-hybridized carbons (Fsp3) is 0.200. The lowest BCUT2D eigenvalue weighted by Gasteiger charge is -2.17. The average molecular weight is 308 g/mol. The number of nitrogens with one attached hydrogen (secondary N) is 1. The highest BCUT2D eigenvalue weighted by atomic mass is 32.2. The van der Waals surface area contributed by atoms with E-state index in [9.17, 15) is 12.8 Å². The Labute approximate surface area is 123 Å². The lowest BCUT2D eigenvalue weighted by atomic mass is 10.1. The Morgan fingerprint density at radius 1 is 1.19 bits per heavy atom. The number of halogens is 1. The number of nitrogen functional groups attached to an aromatic ring is 1. The van der Waals surface area contributed by atoms with Gasteiger partial charge in [0, 0.05) is 11.7 Å². The van der Waals surface area contributed by atoms with Crippen LogP contribution >= 0.6 is 0 Å². The van der Waals surface area contributed by atoms with Gasteiger partial charge in [0.2, 0.25) is 10.0 Å². The van der Waals surface area contributed by atoms with E-state index in [2.05, 4.69) is 4.72 Å². The molecule has 1 unspecified atom stereocenters. The van der Waals surface area contributed by atoms with Gasteiger partial charge in [0.05, 0.1) is 4.90 Å². The Balaban J connectivity index is 2.31. The van der Waals surface area contributed by atoms with Gasteiger partial charge < -0.3 is 5.73 Å². The number of benzene rings is 2. The Morgan fingerprint density at radius 2 is 1.86 bits per heavy atom. The van der Waals surface area contributed by atoms with Gasteiger partial charge in [-0.2, -0.15) is 0 Å². The standard InChI is InChI=1S/C15H17FN2O2S/c1-10-9-12(16)7-8-15(10)21(19,20)18-11(2)13-5-3-4-6-14(13)17/h3-9,11,18H,17H2,1-2H3. The van der Waals surface area contributed by atoms with Gasteiger partial charge in [0.15, 0.2) is 0 Å². The molecular formula is C15H17FN2O2S. The maximum absolute atomic E-state index is 13.1. The van der Waals surface area contributed by atoms with Crippen molar-refractivity contribution in [3.05, 3.63) is 59.4 Å². The highest BCUT2D eigenvalue weighted by molar-refractivity contribution is 7.89. The van der Waals surface area contributed by atoms with E-state index in [1.165, 1.54) is 12.1 Å². The molecule has 0 aromatic heterocycles. The van der Waals surface area contributed by atoms with Crippen molar-refractivity contribution >= 4 is 15.7 Å². The molecular weight excluding hydrogens is 291 g/mol. The van der Waals surface area contributed by atoms with E-state index in [-0.39, 0.29) is 4.90 Å². The van der Waals surface area contributed by atoms with Crippen molar-refractivity contribution in [2.45, 2.75) is 24.8 Å². The molecule has 4 nitrogen and oxygen atoms in total. The highest BCUT2D eigenvalue weighted by Gasteiger charge is 2.21. The molecule has 0 aliphatic rings. The van der Waals surface area contributed by atoms with Crippen LogP contribution in [0.3, 0.4) is 0 Å². The third-order valence-corrected chi connectivity index (χ3v) is 4.92. The number of sulfonamides is 1. The van der Waals surface area contributed by atoms with Crippen molar-refractivity contribution in [2.75, 3.05) is 5.73 Å². The third-order valence-electron chi connectivity index (χ3n) is 3.22. The van der Waals surface area contributed by atoms with Crippen LogP contribution < -0.4 is 10.5 Å². The van der Waals surface area contributed by atoms with E-state index in [1.54, 1.807) is 38.1 Å². The monoisotopic (exact) mass is 308 g/mol. The van der Waals surface area contributed by atoms with Crippen LogP contribution in [0.15, 0.2) is 47.4 Å². The van der Waals surface area contributed by atoms with Gasteiger partial charge in [-0.3, -0.25) is 0 Å². The number of aryl methyl sites for hydroxylation is 1. The van der Waals surface area contributed by atoms with Crippen LogP contribution in [-0.2, 0) is 10.0 Å². The molecule has 0 bridgehead atoms. The van der Waals surface area contributed by atoms with E-state index in [1.807, 2.05) is 0 Å². The van der Waals surface area contributed by atoms with Crippen LogP contribution in [0.1, 0.15) is 24.1 Å². The van der Waals surface area contributed by atoms with Crippen LogP contribution in [0.25, 0.3) is 0 Å². The molecule has 0 amide bonds. The zero-order chi connectivity index (χ0) is 15.6. The second-order valence-electron chi connectivity index (χ2n) is 4.88. The molecule has 112 valence electrons. The largest absolute Gasteiger partial charge is 0.398 e. The van der Waals surface area contributed by atoms with E-state index in [4.69, 9.17) is 5.73 Å². The van der Waals surface area contributed by atoms with Crippen molar-refractivity contribution in [2.24, 2.45) is 0 Å². The average Bonchev–Trinajstić information content (AvgIpc) is 2.37. The topological polar surface area (TPSA) is 72.2 Å². The fourth-order valence-electron chi connectivity index (χ4n) is 2.18. The number of anilines is 1. The van der Waals surface area contributed by atoms with Gasteiger partial charge in [-0.05, 0) is 49.2 Å². The summed E-state index contributed by atoms with van der Waals surface area (Å²) in [6, 6.07) is 10.1. The molecule has 3 N–H and O–H groups in total. The summed E-state index contributed by atoms with van der Waals surface area (Å²) in [5, 5.41) is 0. The van der Waals surface area contributed by atoms with E-state index in [0.29, 0.717) is 16.8 Å². The molecule has 0 aliphatic carbocycles. The van der Waals surface area contributed by atoms with Crippen molar-refractivity contribution < 1.29 is 12.8 Å². The first-order chi connectivity index (χ1) is 9.81. The lowest BCUT2D eigenvalue weighted by Crippen LogP contribution is -2.28. The summed E-state index contributed by atoms with van der Waals surface area (Å²) < 4.78 is 40.4. The summed E-state index contributed by atoms with van der Waals surface area (Å²) in [6.07, 6.45) is 0. The predicted molar refractivity (Wildman–Crippen MR) is 80.7 cm³/mol. The third kappa shape index (κ3) is 3.40. The number of hydrogen-bond acceptors (Lipinski definition) is 3. The summed E-state index contributed by atoms with van der Waals surface area (Å²) in [5.74, 6) is -0.466. The van der Waals surface area contributed by atoms with Crippen LogP contribution in [-0.4, -0.2) is 8.42 Å². The molecule has 6 heteroatoms. The molecule has 0 saturated carbocycles. The maximum Gasteiger partial charge on any atom is 0.241 e. The first kappa shape index (κ1) is 15.5. The molecule has 2 rings (SSSR count). The first-order valence-electron chi connectivity index (χ1n) is 6.44. The quantitative estimate of drug-likeness (QED) is 0.853.